The summed E-state index contributed by atoms with van der Waals surface area (Å²) in [5.74, 6) is 0. The summed E-state index contributed by atoms with van der Waals surface area (Å²) in [6, 6.07) is 1.41. The fourth-order valence-electron chi connectivity index (χ4n) is 0.0965. The Balaban J connectivity index is 3.42. The fraction of sp³-hybridized carbons (Fsp3) is 0.333. The number of aliphatic hydroxyl groups excluding tert-OH is 1. The number of hydrogen-bond donors (Lipinski definition) is 2. The predicted molar refractivity (Wildman–Crippen MR) is 21.9 cm³/mol. The smallest absolute Gasteiger partial charge is 0.179 e. The van der Waals surface area contributed by atoms with Gasteiger partial charge in [-0.25, -0.2) is 0 Å². The van der Waals surface area contributed by atoms with E-state index in [1.807, 2.05) is 0 Å². The van der Waals surface area contributed by atoms with Crippen LogP contribution in [-0.2, 0) is 0 Å². The lowest BCUT2D eigenvalue weighted by Crippen LogP contribution is -2.02. The zero-order valence-corrected chi connectivity index (χ0v) is 3.44. The molecule has 4 nitrogen and oxygen atoms in total. The van der Waals surface area contributed by atoms with Gasteiger partial charge in [-0.3, -0.25) is 0 Å². The van der Waals surface area contributed by atoms with E-state index in [0.717, 1.165) is 6.21 Å². The molecule has 0 spiro atoms. The van der Waals surface area contributed by atoms with E-state index in [-0.39, 0.29) is 0 Å². The molecule has 1 unspecified atom stereocenters. The molecule has 0 rings (SSSR count). The van der Waals surface area contributed by atoms with Crippen molar-refractivity contribution < 1.29 is 10.3 Å². The van der Waals surface area contributed by atoms with Crippen LogP contribution in [0.5, 0.6) is 0 Å². The van der Waals surface area contributed by atoms with Crippen LogP contribution in [0.15, 0.2) is 5.16 Å². The Labute approximate surface area is 40.3 Å². The van der Waals surface area contributed by atoms with Gasteiger partial charge in [0.05, 0.1) is 6.21 Å². The second-order valence-electron chi connectivity index (χ2n) is 0.838. The van der Waals surface area contributed by atoms with Crippen molar-refractivity contribution >= 4 is 6.21 Å². The van der Waals surface area contributed by atoms with Crippen LogP contribution in [0.2, 0.25) is 0 Å². The van der Waals surface area contributed by atoms with Gasteiger partial charge in [-0.15, -0.1) is 0 Å². The molecule has 0 aliphatic carbocycles. The molecule has 0 saturated carbocycles. The molecule has 0 bridgehead atoms. The quantitative estimate of drug-likeness (QED) is 0.198. The van der Waals surface area contributed by atoms with Crippen molar-refractivity contribution in [2.24, 2.45) is 5.16 Å². The maximum absolute atomic E-state index is 8.19. The molecule has 0 radical (unpaired) electrons. The van der Waals surface area contributed by atoms with Crippen molar-refractivity contribution in [3.63, 3.8) is 0 Å². The zero-order chi connectivity index (χ0) is 5.70. The molecular formula is C3H4N2O2. The van der Waals surface area contributed by atoms with Crippen molar-refractivity contribution in [1.29, 1.82) is 5.26 Å². The van der Waals surface area contributed by atoms with Gasteiger partial charge in [0, 0.05) is 0 Å². The average Bonchev–Trinajstić information content (AvgIpc) is 1.68. The lowest BCUT2D eigenvalue weighted by atomic mass is 10.4. The highest BCUT2D eigenvalue weighted by atomic mass is 16.4. The molecule has 2 N–H and O–H groups in total. The number of oxime groups is 1. The number of nitriles is 1. The van der Waals surface area contributed by atoms with E-state index in [2.05, 4.69) is 5.16 Å². The van der Waals surface area contributed by atoms with E-state index < -0.39 is 6.10 Å². The highest BCUT2D eigenvalue weighted by Gasteiger charge is 1.90. The van der Waals surface area contributed by atoms with E-state index in [1.165, 1.54) is 6.07 Å². The standard InChI is InChI=1S/C3H4N2O2/c4-1-3(6)2-5-7/h2-3,6-7H. The second kappa shape index (κ2) is 3.12. The normalized spacial score (nSPS) is 13.7. The Kier molecular flexibility index (Phi) is 2.64. The molecule has 0 aromatic rings. The Hall–Kier alpha value is -1.08. The molecule has 4 heteroatoms. The minimum absolute atomic E-state index is 0.722. The third-order valence-corrected chi connectivity index (χ3v) is 0.340. The highest BCUT2D eigenvalue weighted by molar-refractivity contribution is 5.65. The Bertz CT molecular complexity index is 104. The summed E-state index contributed by atoms with van der Waals surface area (Å²) in [5, 5.41) is 26.0. The molecule has 0 aromatic heterocycles. The summed E-state index contributed by atoms with van der Waals surface area (Å²) in [4.78, 5) is 0. The molecule has 7 heavy (non-hydrogen) atoms. The van der Waals surface area contributed by atoms with Crippen molar-refractivity contribution in [1.82, 2.24) is 0 Å². The van der Waals surface area contributed by atoms with Crippen molar-refractivity contribution in [2.75, 3.05) is 0 Å². The summed E-state index contributed by atoms with van der Waals surface area (Å²) in [6.07, 6.45) is -0.565. The van der Waals surface area contributed by atoms with Crippen LogP contribution >= 0.6 is 0 Å². The molecular weight excluding hydrogens is 96.0 g/mol. The summed E-state index contributed by atoms with van der Waals surface area (Å²) >= 11 is 0. The number of nitrogens with zero attached hydrogens (tertiary/aromatic N) is 2. The lowest BCUT2D eigenvalue weighted by molar-refractivity contribution is 0.280. The lowest BCUT2D eigenvalue weighted by Gasteiger charge is -1.81. The SMILES string of the molecule is N#CC(O)C=NO. The topological polar surface area (TPSA) is 76.6 Å². The monoisotopic (exact) mass is 100 g/mol. The van der Waals surface area contributed by atoms with E-state index in [4.69, 9.17) is 15.6 Å². The molecule has 0 fully saturated rings. The van der Waals surface area contributed by atoms with E-state index >= 15 is 0 Å². The Morgan fingerprint density at radius 1 is 1.86 bits per heavy atom. The second-order valence-corrected chi connectivity index (χ2v) is 0.838. The molecule has 0 aliphatic rings. The highest BCUT2D eigenvalue weighted by Crippen LogP contribution is 1.68. The van der Waals surface area contributed by atoms with Crippen molar-refractivity contribution in [2.45, 2.75) is 6.10 Å². The van der Waals surface area contributed by atoms with Gasteiger partial charge in [0.15, 0.2) is 6.10 Å². The van der Waals surface area contributed by atoms with Crippen LogP contribution in [0, 0.1) is 11.3 Å². The third-order valence-electron chi connectivity index (χ3n) is 0.340. The summed E-state index contributed by atoms with van der Waals surface area (Å²) in [7, 11) is 0. The summed E-state index contributed by atoms with van der Waals surface area (Å²) < 4.78 is 0. The van der Waals surface area contributed by atoms with Crippen LogP contribution in [0.1, 0.15) is 0 Å². The van der Waals surface area contributed by atoms with Crippen LogP contribution in [-0.4, -0.2) is 22.6 Å². The van der Waals surface area contributed by atoms with Crippen molar-refractivity contribution in [3.05, 3.63) is 0 Å². The average molecular weight is 100 g/mol. The molecule has 38 valence electrons. The predicted octanol–water partition coefficient (Wildman–Crippen LogP) is -0.669. The first-order valence-electron chi connectivity index (χ1n) is 1.56. The maximum atomic E-state index is 8.19. The van der Waals surface area contributed by atoms with Crippen LogP contribution in [0.3, 0.4) is 0 Å². The van der Waals surface area contributed by atoms with Gasteiger partial charge in [0.2, 0.25) is 0 Å². The van der Waals surface area contributed by atoms with Crippen LogP contribution in [0.4, 0.5) is 0 Å². The number of hydrogen-bond acceptors (Lipinski definition) is 4. The van der Waals surface area contributed by atoms with Gasteiger partial charge in [-0.05, 0) is 0 Å². The molecule has 0 aliphatic heterocycles. The largest absolute Gasteiger partial charge is 0.411 e. The van der Waals surface area contributed by atoms with Gasteiger partial charge in [-0.1, -0.05) is 5.16 Å². The van der Waals surface area contributed by atoms with Gasteiger partial charge in [0.1, 0.15) is 6.07 Å². The summed E-state index contributed by atoms with van der Waals surface area (Å²) in [5.41, 5.74) is 0. The number of rotatable bonds is 1. The number of aliphatic hydroxyl groups is 1. The van der Waals surface area contributed by atoms with Gasteiger partial charge >= 0.3 is 0 Å². The fourth-order valence-corrected chi connectivity index (χ4v) is 0.0965. The maximum Gasteiger partial charge on any atom is 0.179 e. The third kappa shape index (κ3) is 2.73. The molecule has 1 atom stereocenters. The minimum Gasteiger partial charge on any atom is -0.411 e. The first-order valence-corrected chi connectivity index (χ1v) is 1.56. The first-order chi connectivity index (χ1) is 3.31. The molecule has 0 aromatic carbocycles. The first kappa shape index (κ1) is 5.92. The van der Waals surface area contributed by atoms with Crippen LogP contribution in [0.25, 0.3) is 0 Å². The van der Waals surface area contributed by atoms with E-state index in [1.54, 1.807) is 0 Å². The van der Waals surface area contributed by atoms with E-state index in [9.17, 15) is 0 Å². The molecule has 0 heterocycles. The molecule has 0 saturated heterocycles. The van der Waals surface area contributed by atoms with Crippen LogP contribution < -0.4 is 0 Å². The summed E-state index contributed by atoms with van der Waals surface area (Å²) in [6.45, 7) is 0. The van der Waals surface area contributed by atoms with Gasteiger partial charge in [-0.2, -0.15) is 5.26 Å². The van der Waals surface area contributed by atoms with Gasteiger partial charge in [0.25, 0.3) is 0 Å². The van der Waals surface area contributed by atoms with Gasteiger partial charge < -0.3 is 10.3 Å². The van der Waals surface area contributed by atoms with Crippen molar-refractivity contribution in [3.8, 4) is 6.07 Å². The Morgan fingerprint density at radius 2 is 2.43 bits per heavy atom. The Morgan fingerprint density at radius 3 is 2.57 bits per heavy atom. The minimum atomic E-state index is -1.29. The zero-order valence-electron chi connectivity index (χ0n) is 3.44. The van der Waals surface area contributed by atoms with E-state index in [0.29, 0.717) is 0 Å². The molecule has 0 amide bonds.